The number of anilines is 3. The predicted octanol–water partition coefficient (Wildman–Crippen LogP) is 3.95. The zero-order chi connectivity index (χ0) is 21.8. The quantitative estimate of drug-likeness (QED) is 0.663. The summed E-state index contributed by atoms with van der Waals surface area (Å²) in [7, 11) is 2.06. The lowest BCUT2D eigenvalue weighted by atomic mass is 10.1. The van der Waals surface area contributed by atoms with E-state index < -0.39 is 0 Å². The molecule has 1 aromatic carbocycles. The molecule has 0 spiro atoms. The molecule has 31 heavy (non-hydrogen) atoms. The molecule has 0 aliphatic carbocycles. The van der Waals surface area contributed by atoms with Gasteiger partial charge in [-0.2, -0.15) is 0 Å². The summed E-state index contributed by atoms with van der Waals surface area (Å²) in [5, 5.41) is 6.37. The number of allylic oxidation sites excluding steroid dienone is 1. The van der Waals surface area contributed by atoms with Gasteiger partial charge in [0.2, 0.25) is 5.91 Å². The third-order valence-corrected chi connectivity index (χ3v) is 6.27. The second-order valence-corrected chi connectivity index (χ2v) is 8.82. The molecule has 2 aliphatic rings. The maximum Gasteiger partial charge on any atom is 0.247 e. The van der Waals surface area contributed by atoms with Crippen molar-refractivity contribution < 1.29 is 9.53 Å². The average molecular weight is 438 g/mol. The Balaban J connectivity index is 1.67. The zero-order valence-corrected chi connectivity index (χ0v) is 18.6. The van der Waals surface area contributed by atoms with Crippen LogP contribution in [0.4, 0.5) is 17.2 Å². The molecule has 1 fully saturated rings. The molecule has 0 radical (unpaired) electrons. The lowest BCUT2D eigenvalue weighted by molar-refractivity contribution is -0.111. The van der Waals surface area contributed by atoms with Gasteiger partial charge in [0, 0.05) is 54.2 Å². The van der Waals surface area contributed by atoms with Crippen molar-refractivity contribution in [3.8, 4) is 11.3 Å². The molecule has 4 rings (SSSR count). The second-order valence-electron chi connectivity index (χ2n) is 7.49. The highest BCUT2D eigenvalue weighted by molar-refractivity contribution is 8.03. The molecule has 2 N–H and O–H groups in total. The van der Waals surface area contributed by atoms with Crippen LogP contribution < -0.4 is 15.5 Å². The van der Waals surface area contributed by atoms with E-state index in [0.717, 1.165) is 35.9 Å². The molecular formula is C23H27N5O2S. The van der Waals surface area contributed by atoms with Crippen LogP contribution in [0.1, 0.15) is 6.92 Å². The Morgan fingerprint density at radius 1 is 1.29 bits per heavy atom. The van der Waals surface area contributed by atoms with Crippen LogP contribution >= 0.6 is 11.8 Å². The molecule has 0 bridgehead atoms. The lowest BCUT2D eigenvalue weighted by Crippen LogP contribution is -2.36. The number of amides is 1. The summed E-state index contributed by atoms with van der Waals surface area (Å²) < 4.78 is 5.53. The first kappa shape index (κ1) is 21.3. The molecular weight excluding hydrogens is 410 g/mol. The summed E-state index contributed by atoms with van der Waals surface area (Å²) in [6.45, 7) is 8.74. The molecule has 7 nitrogen and oxygen atoms in total. The van der Waals surface area contributed by atoms with Gasteiger partial charge in [-0.05, 0) is 31.2 Å². The third kappa shape index (κ3) is 5.21. The van der Waals surface area contributed by atoms with E-state index in [1.54, 1.807) is 11.8 Å². The second kappa shape index (κ2) is 9.45. The monoisotopic (exact) mass is 437 g/mol. The first-order valence-corrected chi connectivity index (χ1v) is 11.1. The van der Waals surface area contributed by atoms with Crippen LogP contribution in [0.2, 0.25) is 0 Å². The van der Waals surface area contributed by atoms with E-state index in [-0.39, 0.29) is 11.4 Å². The van der Waals surface area contributed by atoms with Crippen LogP contribution in [0.3, 0.4) is 0 Å². The molecule has 2 aromatic rings. The van der Waals surface area contributed by atoms with Gasteiger partial charge in [0.15, 0.2) is 5.50 Å². The largest absolute Gasteiger partial charge is 0.378 e. The number of morpholine rings is 1. The standard InChI is InChI=1S/C23H27N5O2S/c1-4-22(29)24-18-7-5-6-17(12-18)20-13-19(28-8-10-30-11-9-28)14-21(25-20)26-23-27(3)15-16(2)31-23/h4-7,12-15,23H,1,8-11H2,2-3H3,(H,24,29)(H,25,26). The van der Waals surface area contributed by atoms with E-state index in [0.29, 0.717) is 18.9 Å². The number of rotatable bonds is 6. The number of benzene rings is 1. The highest BCUT2D eigenvalue weighted by atomic mass is 32.2. The third-order valence-electron chi connectivity index (χ3n) is 5.12. The van der Waals surface area contributed by atoms with E-state index in [2.05, 4.69) is 59.3 Å². The van der Waals surface area contributed by atoms with Gasteiger partial charge in [-0.25, -0.2) is 4.98 Å². The summed E-state index contributed by atoms with van der Waals surface area (Å²) in [4.78, 5) is 22.3. The Morgan fingerprint density at radius 2 is 2.10 bits per heavy atom. The predicted molar refractivity (Wildman–Crippen MR) is 128 cm³/mol. The van der Waals surface area contributed by atoms with Crippen LogP contribution in [0.5, 0.6) is 0 Å². The number of hydrogen-bond acceptors (Lipinski definition) is 7. The van der Waals surface area contributed by atoms with Crippen molar-refractivity contribution in [2.24, 2.45) is 0 Å². The molecule has 3 heterocycles. The number of carbonyl (C=O) groups is 1. The Labute approximate surface area is 187 Å². The summed E-state index contributed by atoms with van der Waals surface area (Å²) in [6, 6.07) is 11.9. The Morgan fingerprint density at radius 3 is 2.81 bits per heavy atom. The Hall–Kier alpha value is -2.97. The zero-order valence-electron chi connectivity index (χ0n) is 17.8. The van der Waals surface area contributed by atoms with Crippen LogP contribution in [0, 0.1) is 0 Å². The van der Waals surface area contributed by atoms with Crippen LogP contribution in [-0.4, -0.2) is 54.6 Å². The van der Waals surface area contributed by atoms with Crippen molar-refractivity contribution in [1.29, 1.82) is 0 Å². The first-order valence-electron chi connectivity index (χ1n) is 10.2. The normalized spacial score (nSPS) is 18.5. The SMILES string of the molecule is C=CC(=O)Nc1cccc(-c2cc(N3CCOCC3)cc(NC3SC(C)=CN3C)n2)c1. The fourth-order valence-electron chi connectivity index (χ4n) is 3.59. The molecule has 1 amide bonds. The first-order chi connectivity index (χ1) is 15.0. The van der Waals surface area contributed by atoms with E-state index >= 15 is 0 Å². The van der Waals surface area contributed by atoms with Crippen LogP contribution in [-0.2, 0) is 9.53 Å². The molecule has 162 valence electrons. The topological polar surface area (TPSA) is 69.7 Å². The smallest absolute Gasteiger partial charge is 0.247 e. The van der Waals surface area contributed by atoms with Crippen molar-refractivity contribution >= 4 is 34.9 Å². The lowest BCUT2D eigenvalue weighted by Gasteiger charge is -2.30. The minimum absolute atomic E-state index is 0.0958. The number of hydrogen-bond donors (Lipinski definition) is 2. The highest BCUT2D eigenvalue weighted by Gasteiger charge is 2.22. The van der Waals surface area contributed by atoms with Crippen molar-refractivity contribution in [2.45, 2.75) is 12.4 Å². The summed E-state index contributed by atoms with van der Waals surface area (Å²) in [5.74, 6) is 0.575. The van der Waals surface area contributed by atoms with Crippen molar-refractivity contribution in [3.05, 3.63) is 60.2 Å². The molecule has 1 atom stereocenters. The van der Waals surface area contributed by atoms with E-state index in [1.807, 2.05) is 24.3 Å². The number of carbonyl (C=O) groups excluding carboxylic acids is 1. The van der Waals surface area contributed by atoms with Crippen molar-refractivity contribution in [1.82, 2.24) is 9.88 Å². The fourth-order valence-corrected chi connectivity index (χ4v) is 4.58. The molecule has 1 aromatic heterocycles. The van der Waals surface area contributed by atoms with E-state index in [9.17, 15) is 4.79 Å². The Kier molecular flexibility index (Phi) is 6.48. The number of ether oxygens (including phenoxy) is 1. The van der Waals surface area contributed by atoms with Crippen molar-refractivity contribution in [2.75, 3.05) is 48.9 Å². The molecule has 0 saturated carbocycles. The van der Waals surface area contributed by atoms with Gasteiger partial charge in [-0.3, -0.25) is 4.79 Å². The minimum Gasteiger partial charge on any atom is -0.378 e. The van der Waals surface area contributed by atoms with Gasteiger partial charge < -0.3 is 25.2 Å². The number of aromatic nitrogens is 1. The van der Waals surface area contributed by atoms with Crippen LogP contribution in [0.25, 0.3) is 11.3 Å². The van der Waals surface area contributed by atoms with Gasteiger partial charge in [-0.15, -0.1) is 0 Å². The van der Waals surface area contributed by atoms with Crippen LogP contribution in [0.15, 0.2) is 60.2 Å². The van der Waals surface area contributed by atoms with E-state index in [4.69, 9.17) is 9.72 Å². The summed E-state index contributed by atoms with van der Waals surface area (Å²) in [6.07, 6.45) is 3.39. The number of nitrogens with zero attached hydrogens (tertiary/aromatic N) is 3. The fraction of sp³-hybridized carbons (Fsp3) is 0.304. The minimum atomic E-state index is -0.237. The summed E-state index contributed by atoms with van der Waals surface area (Å²) >= 11 is 1.77. The number of pyridine rings is 1. The van der Waals surface area contributed by atoms with Gasteiger partial charge in [0.05, 0.1) is 18.9 Å². The van der Waals surface area contributed by atoms with Gasteiger partial charge in [0.1, 0.15) is 5.82 Å². The maximum atomic E-state index is 11.7. The van der Waals surface area contributed by atoms with Gasteiger partial charge in [-0.1, -0.05) is 30.5 Å². The maximum absolute atomic E-state index is 11.7. The van der Waals surface area contributed by atoms with E-state index in [1.165, 1.54) is 11.0 Å². The Bertz CT molecular complexity index is 1000. The number of thioether (sulfide) groups is 1. The molecule has 8 heteroatoms. The number of nitrogens with one attached hydrogen (secondary N) is 2. The van der Waals surface area contributed by atoms with Gasteiger partial charge in [0.25, 0.3) is 0 Å². The molecule has 1 saturated heterocycles. The average Bonchev–Trinajstić information content (AvgIpc) is 3.10. The van der Waals surface area contributed by atoms with Gasteiger partial charge >= 0.3 is 0 Å². The molecule has 2 aliphatic heterocycles. The summed E-state index contributed by atoms with van der Waals surface area (Å²) in [5.41, 5.74) is 3.69. The highest BCUT2D eigenvalue weighted by Crippen LogP contribution is 2.34. The molecule has 1 unspecified atom stereocenters. The van der Waals surface area contributed by atoms with Crippen molar-refractivity contribution in [3.63, 3.8) is 0 Å².